The van der Waals surface area contributed by atoms with Gasteiger partial charge in [0.05, 0.1) is 22.4 Å². The highest BCUT2D eigenvalue weighted by atomic mass is 15.1. The molecule has 0 aliphatic heterocycles. The highest BCUT2D eigenvalue weighted by Gasteiger charge is 2.23. The summed E-state index contributed by atoms with van der Waals surface area (Å²) in [5.41, 5.74) is 18.5. The van der Waals surface area contributed by atoms with Crippen molar-refractivity contribution in [3.05, 3.63) is 267 Å². The minimum atomic E-state index is 1.07. The maximum Gasteiger partial charge on any atom is 0.0541 e. The topological polar surface area (TPSA) is 8.17 Å². The van der Waals surface area contributed by atoms with Crippen LogP contribution in [0.3, 0.4) is 0 Å². The van der Waals surface area contributed by atoms with Gasteiger partial charge in [0.2, 0.25) is 0 Å². The number of hydrogen-bond acceptors (Lipinski definition) is 1. The number of fused-ring (bicyclic) bond motifs is 4. The van der Waals surface area contributed by atoms with Crippen LogP contribution in [0.15, 0.2) is 267 Å². The van der Waals surface area contributed by atoms with Crippen molar-refractivity contribution >= 4 is 49.6 Å². The van der Waals surface area contributed by atoms with E-state index < -0.39 is 0 Å². The molecule has 1 heterocycles. The van der Waals surface area contributed by atoms with E-state index in [4.69, 9.17) is 0 Å². The molecule has 0 bridgehead atoms. The fourth-order valence-electron chi connectivity index (χ4n) is 10.0. The Balaban J connectivity index is 1.08. The van der Waals surface area contributed by atoms with Crippen molar-refractivity contribution in [2.24, 2.45) is 0 Å². The van der Waals surface area contributed by atoms with Crippen molar-refractivity contribution in [2.45, 2.75) is 0 Å². The second kappa shape index (κ2) is 16.8. The highest BCUT2D eigenvalue weighted by molar-refractivity contribution is 6.10. The van der Waals surface area contributed by atoms with Gasteiger partial charge in [-0.1, -0.05) is 218 Å². The van der Waals surface area contributed by atoms with E-state index in [1.54, 1.807) is 0 Å². The second-order valence-corrected chi connectivity index (χ2v) is 16.8. The van der Waals surface area contributed by atoms with Crippen molar-refractivity contribution in [2.75, 3.05) is 4.90 Å². The summed E-state index contributed by atoms with van der Waals surface area (Å²) in [6.45, 7) is 0. The molecule has 0 spiro atoms. The van der Waals surface area contributed by atoms with Gasteiger partial charge in [-0.3, -0.25) is 0 Å². The molecule has 2 nitrogen and oxygen atoms in total. The van der Waals surface area contributed by atoms with Gasteiger partial charge in [0.15, 0.2) is 0 Å². The molecule has 0 radical (unpaired) electrons. The van der Waals surface area contributed by atoms with Crippen molar-refractivity contribution in [3.8, 4) is 61.3 Å². The summed E-state index contributed by atoms with van der Waals surface area (Å²) in [7, 11) is 0. The van der Waals surface area contributed by atoms with Crippen LogP contribution in [0.4, 0.5) is 17.1 Å². The molecule has 0 fully saturated rings. The third-order valence-electron chi connectivity index (χ3n) is 13.0. The molecule has 0 saturated carbocycles. The predicted octanol–water partition coefficient (Wildman–Crippen LogP) is 17.7. The van der Waals surface area contributed by atoms with E-state index in [0.29, 0.717) is 0 Å². The first kappa shape index (κ1) is 38.9. The lowest BCUT2D eigenvalue weighted by Crippen LogP contribution is -2.11. The Kier molecular flexibility index (Phi) is 9.89. The molecule has 2 heteroatoms. The number of aromatic nitrogens is 1. The lowest BCUT2D eigenvalue weighted by atomic mass is 9.90. The van der Waals surface area contributed by atoms with Crippen LogP contribution in [0, 0.1) is 0 Å². The van der Waals surface area contributed by atoms with Crippen LogP contribution in [-0.2, 0) is 0 Å². The number of nitrogens with zero attached hydrogens (tertiary/aromatic N) is 2. The number of rotatable bonds is 9. The van der Waals surface area contributed by atoms with Crippen LogP contribution in [0.5, 0.6) is 0 Å². The fraction of sp³-hybridized carbons (Fsp3) is 0. The lowest BCUT2D eigenvalue weighted by Gasteiger charge is -2.29. The van der Waals surface area contributed by atoms with E-state index in [1.807, 2.05) is 0 Å². The molecule has 0 N–H and O–H groups in total. The molecule has 11 aromatic carbocycles. The number of para-hydroxylation sites is 4. The fourth-order valence-corrected chi connectivity index (χ4v) is 10.0. The first-order valence-corrected chi connectivity index (χ1v) is 22.7. The smallest absolute Gasteiger partial charge is 0.0541 e. The van der Waals surface area contributed by atoms with E-state index in [2.05, 4.69) is 276 Å². The summed E-state index contributed by atoms with van der Waals surface area (Å²) < 4.78 is 2.44. The van der Waals surface area contributed by atoms with Gasteiger partial charge in [0.1, 0.15) is 0 Å². The normalized spacial score (nSPS) is 11.3. The van der Waals surface area contributed by atoms with Crippen LogP contribution >= 0.6 is 0 Å². The first-order chi connectivity index (χ1) is 32.8. The van der Waals surface area contributed by atoms with Crippen LogP contribution in [0.1, 0.15) is 0 Å². The third-order valence-corrected chi connectivity index (χ3v) is 13.0. The zero-order chi connectivity index (χ0) is 43.8. The van der Waals surface area contributed by atoms with Crippen molar-refractivity contribution in [1.29, 1.82) is 0 Å². The Morgan fingerprint density at radius 1 is 0.242 bits per heavy atom. The summed E-state index contributed by atoms with van der Waals surface area (Å²) in [4.78, 5) is 2.44. The van der Waals surface area contributed by atoms with Gasteiger partial charge in [0.25, 0.3) is 0 Å². The van der Waals surface area contributed by atoms with Gasteiger partial charge in [-0.05, 0) is 104 Å². The standard InChI is InChI=1S/C64H44N2/c1-4-20-45(21-5-1)46-36-38-49(39-37-46)65(61-32-16-12-28-56(61)54-43-42-51(47-22-6-2-7-23-47)52-26-10-11-27-53(52)54)50-40-41-55(60(44-50)48-24-8-3-9-25-48)57-29-13-17-33-62(57)66-63-34-18-14-30-58(63)59-31-15-19-35-64(59)66/h1-44H. The minimum absolute atomic E-state index is 1.07. The highest BCUT2D eigenvalue weighted by Crippen LogP contribution is 2.47. The molecular weight excluding hydrogens is 797 g/mol. The molecule has 1 aromatic heterocycles. The zero-order valence-electron chi connectivity index (χ0n) is 36.3. The summed E-state index contributed by atoms with van der Waals surface area (Å²) in [5, 5.41) is 4.94. The molecule has 12 aromatic rings. The SMILES string of the molecule is c1ccc(-c2ccc(N(c3ccc(-c4ccccc4-n4c5ccccc5c5ccccc54)c(-c4ccccc4)c3)c3ccccc3-c3ccc(-c4ccccc4)c4ccccc34)cc2)cc1. The van der Waals surface area contributed by atoms with Gasteiger partial charge in [-0.2, -0.15) is 0 Å². The third kappa shape index (κ3) is 6.84. The Labute approximate surface area is 385 Å². The summed E-state index contributed by atoms with van der Waals surface area (Å²) in [6.07, 6.45) is 0. The quantitative estimate of drug-likeness (QED) is 0.141. The monoisotopic (exact) mass is 840 g/mol. The van der Waals surface area contributed by atoms with Gasteiger partial charge in [-0.25, -0.2) is 0 Å². The first-order valence-electron chi connectivity index (χ1n) is 22.7. The maximum atomic E-state index is 2.44. The predicted molar refractivity (Wildman–Crippen MR) is 280 cm³/mol. The molecule has 0 saturated heterocycles. The summed E-state index contributed by atoms with van der Waals surface area (Å²) >= 11 is 0. The summed E-state index contributed by atoms with van der Waals surface area (Å²) in [6, 6.07) is 97.0. The average molecular weight is 841 g/mol. The maximum absolute atomic E-state index is 2.44. The molecule has 66 heavy (non-hydrogen) atoms. The molecule has 0 aliphatic rings. The summed E-state index contributed by atoms with van der Waals surface area (Å²) in [5.74, 6) is 0. The molecule has 0 aliphatic carbocycles. The van der Waals surface area contributed by atoms with E-state index in [0.717, 1.165) is 45.0 Å². The molecule has 0 atom stereocenters. The van der Waals surface area contributed by atoms with E-state index in [9.17, 15) is 0 Å². The number of benzene rings is 11. The van der Waals surface area contributed by atoms with Crippen LogP contribution in [-0.4, -0.2) is 4.57 Å². The largest absolute Gasteiger partial charge is 0.310 e. The Morgan fingerprint density at radius 3 is 1.33 bits per heavy atom. The Morgan fingerprint density at radius 2 is 0.682 bits per heavy atom. The number of anilines is 3. The van der Waals surface area contributed by atoms with Gasteiger partial charge in [-0.15, -0.1) is 0 Å². The Bertz CT molecular complexity index is 3630. The van der Waals surface area contributed by atoms with Crippen molar-refractivity contribution in [1.82, 2.24) is 4.57 Å². The molecule has 0 amide bonds. The van der Waals surface area contributed by atoms with Crippen LogP contribution in [0.2, 0.25) is 0 Å². The molecule has 12 rings (SSSR count). The molecule has 310 valence electrons. The van der Waals surface area contributed by atoms with E-state index in [-0.39, 0.29) is 0 Å². The molecular formula is C64H44N2. The van der Waals surface area contributed by atoms with Gasteiger partial charge < -0.3 is 9.47 Å². The van der Waals surface area contributed by atoms with E-state index in [1.165, 1.54) is 66.0 Å². The minimum Gasteiger partial charge on any atom is -0.310 e. The van der Waals surface area contributed by atoms with Crippen molar-refractivity contribution < 1.29 is 0 Å². The van der Waals surface area contributed by atoms with Crippen LogP contribution in [0.25, 0.3) is 93.9 Å². The van der Waals surface area contributed by atoms with E-state index >= 15 is 0 Å². The lowest BCUT2D eigenvalue weighted by molar-refractivity contribution is 1.18. The Hall–Kier alpha value is -8.72. The average Bonchev–Trinajstić information content (AvgIpc) is 3.74. The number of hydrogen-bond donors (Lipinski definition) is 0. The van der Waals surface area contributed by atoms with Crippen molar-refractivity contribution in [3.63, 3.8) is 0 Å². The van der Waals surface area contributed by atoms with Crippen LogP contribution < -0.4 is 4.90 Å². The zero-order valence-corrected chi connectivity index (χ0v) is 36.3. The molecule has 0 unspecified atom stereocenters. The second-order valence-electron chi connectivity index (χ2n) is 16.8. The van der Waals surface area contributed by atoms with Gasteiger partial charge >= 0.3 is 0 Å². The van der Waals surface area contributed by atoms with Gasteiger partial charge in [0, 0.05) is 33.3 Å².